The van der Waals surface area contributed by atoms with Crippen molar-refractivity contribution >= 4 is 39.3 Å². The monoisotopic (exact) mass is 494 g/mol. The van der Waals surface area contributed by atoms with Crippen LogP contribution in [0.1, 0.15) is 38.8 Å². The fraction of sp³-hybridized carbons (Fsp3) is 0.391. The number of hydrogen-bond donors (Lipinski definition) is 1. The number of nitrogens with zero attached hydrogens (tertiary/aromatic N) is 1. The minimum Gasteiger partial charge on any atom is -0.483 e. The maximum Gasteiger partial charge on any atom is 0.261 e. The van der Waals surface area contributed by atoms with E-state index < -0.39 is 11.6 Å². The number of rotatable bonds is 7. The Morgan fingerprint density at radius 3 is 2.47 bits per heavy atom. The number of carbonyl (C=O) groups is 2. The Labute approximate surface area is 191 Å². The van der Waals surface area contributed by atoms with Gasteiger partial charge in [0.2, 0.25) is 5.91 Å². The number of aryl methyl sites for hydroxylation is 1. The predicted octanol–water partition coefficient (Wildman–Crippen LogP) is 5.12. The van der Waals surface area contributed by atoms with Gasteiger partial charge >= 0.3 is 0 Å². The fourth-order valence-corrected chi connectivity index (χ4v) is 3.64. The summed E-state index contributed by atoms with van der Waals surface area (Å²) in [6.45, 7) is 9.56. The van der Waals surface area contributed by atoms with Gasteiger partial charge in [-0.05, 0) is 79.9 Å². The third-order valence-corrected chi connectivity index (χ3v) is 5.37. The number of amides is 2. The van der Waals surface area contributed by atoms with Gasteiger partial charge in [-0.15, -0.1) is 0 Å². The highest BCUT2D eigenvalue weighted by Crippen LogP contribution is 2.28. The van der Waals surface area contributed by atoms with E-state index in [-0.39, 0.29) is 18.4 Å². The predicted molar refractivity (Wildman–Crippen MR) is 124 cm³/mol. The lowest BCUT2D eigenvalue weighted by molar-refractivity contribution is -0.142. The molecule has 0 heterocycles. The topological polar surface area (TPSA) is 58.6 Å². The molecule has 2 aromatic rings. The highest BCUT2D eigenvalue weighted by atomic mass is 79.9. The molecule has 0 spiro atoms. The molecule has 30 heavy (non-hydrogen) atoms. The number of carbonyl (C=O) groups excluding carboxylic acids is 2. The largest absolute Gasteiger partial charge is 0.483 e. The van der Waals surface area contributed by atoms with Crippen molar-refractivity contribution in [3.8, 4) is 5.75 Å². The van der Waals surface area contributed by atoms with Crippen LogP contribution in [0.3, 0.4) is 0 Å². The van der Waals surface area contributed by atoms with Crippen molar-refractivity contribution in [3.63, 3.8) is 0 Å². The summed E-state index contributed by atoms with van der Waals surface area (Å²) in [5.74, 6) is 0.0177. The molecule has 1 atom stereocenters. The van der Waals surface area contributed by atoms with E-state index in [1.807, 2.05) is 52.0 Å². The first kappa shape index (κ1) is 24.2. The Morgan fingerprint density at radius 2 is 1.87 bits per heavy atom. The smallest absolute Gasteiger partial charge is 0.261 e. The Balaban J connectivity index is 2.21. The molecule has 2 aromatic carbocycles. The Hall–Kier alpha value is -2.05. The van der Waals surface area contributed by atoms with Gasteiger partial charge in [0, 0.05) is 17.1 Å². The van der Waals surface area contributed by atoms with Crippen LogP contribution in [-0.4, -0.2) is 34.9 Å². The molecule has 0 aliphatic heterocycles. The van der Waals surface area contributed by atoms with Crippen LogP contribution >= 0.6 is 27.5 Å². The van der Waals surface area contributed by atoms with E-state index in [1.165, 1.54) is 0 Å². The van der Waals surface area contributed by atoms with E-state index in [0.717, 1.165) is 11.1 Å². The van der Waals surface area contributed by atoms with E-state index in [4.69, 9.17) is 16.3 Å². The zero-order chi connectivity index (χ0) is 22.5. The van der Waals surface area contributed by atoms with Crippen molar-refractivity contribution in [3.05, 3.63) is 63.1 Å². The van der Waals surface area contributed by atoms with Gasteiger partial charge in [-0.25, -0.2) is 0 Å². The molecule has 0 saturated carbocycles. The van der Waals surface area contributed by atoms with Crippen LogP contribution in [0, 0.1) is 6.92 Å². The Bertz CT molecular complexity index is 912. The van der Waals surface area contributed by atoms with Gasteiger partial charge in [0.25, 0.3) is 5.91 Å². The summed E-state index contributed by atoms with van der Waals surface area (Å²) in [7, 11) is 0. The normalized spacial score (nSPS) is 12.2. The molecule has 0 radical (unpaired) electrons. The minimum absolute atomic E-state index is 0.195. The lowest BCUT2D eigenvalue weighted by atomic mass is 10.1. The summed E-state index contributed by atoms with van der Waals surface area (Å²) in [5.41, 5.74) is 1.64. The Morgan fingerprint density at radius 1 is 1.20 bits per heavy atom. The van der Waals surface area contributed by atoms with Crippen LogP contribution in [0.2, 0.25) is 5.02 Å². The van der Waals surface area contributed by atoms with E-state index in [2.05, 4.69) is 21.2 Å². The summed E-state index contributed by atoms with van der Waals surface area (Å²) in [6.07, 6.45) is 0. The van der Waals surface area contributed by atoms with Crippen LogP contribution in [0.5, 0.6) is 5.75 Å². The van der Waals surface area contributed by atoms with E-state index in [0.29, 0.717) is 21.8 Å². The average molecular weight is 496 g/mol. The van der Waals surface area contributed by atoms with Crippen LogP contribution < -0.4 is 10.1 Å². The molecule has 0 aromatic heterocycles. The number of hydrogen-bond acceptors (Lipinski definition) is 3. The van der Waals surface area contributed by atoms with Gasteiger partial charge in [-0.2, -0.15) is 0 Å². The van der Waals surface area contributed by atoms with Gasteiger partial charge in [0.15, 0.2) is 6.61 Å². The molecule has 0 bridgehead atoms. The van der Waals surface area contributed by atoms with Crippen molar-refractivity contribution in [2.24, 2.45) is 0 Å². The highest BCUT2D eigenvalue weighted by molar-refractivity contribution is 9.10. The third-order valence-electron chi connectivity index (χ3n) is 4.51. The molecule has 0 fully saturated rings. The fourth-order valence-electron chi connectivity index (χ4n) is 2.84. The first-order valence-electron chi connectivity index (χ1n) is 9.72. The van der Waals surface area contributed by atoms with Gasteiger partial charge in [-0.3, -0.25) is 9.59 Å². The second kappa shape index (κ2) is 10.3. The molecule has 0 aliphatic rings. The molecule has 0 saturated heterocycles. The summed E-state index contributed by atoms with van der Waals surface area (Å²) in [6, 6.07) is 12.2. The molecular weight excluding hydrogens is 468 g/mol. The number of ether oxygens (including phenoxy) is 1. The van der Waals surface area contributed by atoms with Gasteiger partial charge in [0.1, 0.15) is 11.8 Å². The molecule has 0 unspecified atom stereocenters. The first-order chi connectivity index (χ1) is 14.0. The van der Waals surface area contributed by atoms with Crippen molar-refractivity contribution < 1.29 is 14.3 Å². The molecule has 5 nitrogen and oxygen atoms in total. The molecular formula is C23H28BrClN2O3. The summed E-state index contributed by atoms with van der Waals surface area (Å²) in [4.78, 5) is 27.4. The zero-order valence-corrected chi connectivity index (χ0v) is 20.3. The quantitative estimate of drug-likeness (QED) is 0.580. The SMILES string of the molecule is Cc1ccccc1CN(C(=O)COc1ccc(Cl)cc1Br)[C@@H](C)C(=O)NC(C)(C)C. The summed E-state index contributed by atoms with van der Waals surface area (Å²) < 4.78 is 6.36. The number of halogens is 2. The average Bonchev–Trinajstić information content (AvgIpc) is 2.64. The zero-order valence-electron chi connectivity index (χ0n) is 18.0. The molecule has 2 amide bonds. The van der Waals surface area contributed by atoms with Gasteiger partial charge < -0.3 is 15.0 Å². The molecule has 2 rings (SSSR count). The van der Waals surface area contributed by atoms with Crippen LogP contribution in [-0.2, 0) is 16.1 Å². The summed E-state index contributed by atoms with van der Waals surface area (Å²) in [5, 5.41) is 3.51. The number of nitrogens with one attached hydrogen (secondary N) is 1. The first-order valence-corrected chi connectivity index (χ1v) is 10.9. The molecule has 0 aliphatic carbocycles. The standard InChI is InChI=1S/C23H28BrClN2O3/c1-15-8-6-7-9-17(15)13-27(16(2)22(29)26-23(3,4)5)21(28)14-30-20-11-10-18(25)12-19(20)24/h6-12,16H,13-14H2,1-5H3,(H,26,29)/t16-/m0/s1. The van der Waals surface area contributed by atoms with E-state index >= 15 is 0 Å². The van der Waals surface area contributed by atoms with Gasteiger partial charge in [-0.1, -0.05) is 35.9 Å². The molecule has 162 valence electrons. The maximum absolute atomic E-state index is 13.1. The van der Waals surface area contributed by atoms with Crippen LogP contribution in [0.4, 0.5) is 0 Å². The van der Waals surface area contributed by atoms with Crippen molar-refractivity contribution in [1.29, 1.82) is 0 Å². The van der Waals surface area contributed by atoms with E-state index in [9.17, 15) is 9.59 Å². The second-order valence-corrected chi connectivity index (χ2v) is 9.52. The Kier molecular flexibility index (Phi) is 8.33. The lowest BCUT2D eigenvalue weighted by Crippen LogP contribution is -2.53. The van der Waals surface area contributed by atoms with Crippen molar-refractivity contribution in [2.75, 3.05) is 6.61 Å². The van der Waals surface area contributed by atoms with Gasteiger partial charge in [0.05, 0.1) is 4.47 Å². The maximum atomic E-state index is 13.1. The molecule has 1 N–H and O–H groups in total. The lowest BCUT2D eigenvalue weighted by Gasteiger charge is -2.31. The van der Waals surface area contributed by atoms with Crippen molar-refractivity contribution in [1.82, 2.24) is 10.2 Å². The van der Waals surface area contributed by atoms with Crippen LogP contribution in [0.15, 0.2) is 46.9 Å². The highest BCUT2D eigenvalue weighted by Gasteiger charge is 2.29. The third kappa shape index (κ3) is 7.03. The van der Waals surface area contributed by atoms with Crippen LogP contribution in [0.25, 0.3) is 0 Å². The second-order valence-electron chi connectivity index (χ2n) is 8.23. The van der Waals surface area contributed by atoms with E-state index in [1.54, 1.807) is 30.0 Å². The van der Waals surface area contributed by atoms with Crippen molar-refractivity contribution in [2.45, 2.75) is 52.7 Å². The summed E-state index contributed by atoms with van der Waals surface area (Å²) >= 11 is 9.34. The number of benzene rings is 2. The minimum atomic E-state index is -0.659. The molecule has 7 heteroatoms.